The van der Waals surface area contributed by atoms with E-state index < -0.39 is 6.10 Å². The van der Waals surface area contributed by atoms with Crippen molar-refractivity contribution in [1.29, 1.82) is 0 Å². The van der Waals surface area contributed by atoms with E-state index in [0.29, 0.717) is 11.5 Å². The summed E-state index contributed by atoms with van der Waals surface area (Å²) in [6.45, 7) is 1.99. The predicted molar refractivity (Wildman–Crippen MR) is 51.7 cm³/mol. The van der Waals surface area contributed by atoms with Crippen molar-refractivity contribution >= 4 is 5.65 Å². The Morgan fingerprint density at radius 3 is 3.07 bits per heavy atom. The fourth-order valence-electron chi connectivity index (χ4n) is 1.41. The van der Waals surface area contributed by atoms with Crippen LogP contribution < -0.4 is 5.73 Å². The van der Waals surface area contributed by atoms with Gasteiger partial charge < -0.3 is 10.8 Å². The third-order valence-corrected chi connectivity index (χ3v) is 2.06. The summed E-state index contributed by atoms with van der Waals surface area (Å²) >= 11 is 0. The van der Waals surface area contributed by atoms with Crippen LogP contribution in [-0.4, -0.2) is 26.2 Å². The fraction of sp³-hybridized carbons (Fsp3) is 0.333. The second-order valence-electron chi connectivity index (χ2n) is 3.13. The summed E-state index contributed by atoms with van der Waals surface area (Å²) in [4.78, 5) is 4.19. The summed E-state index contributed by atoms with van der Waals surface area (Å²) in [6, 6.07) is 5.46. The summed E-state index contributed by atoms with van der Waals surface area (Å²) in [7, 11) is 0. The number of hydrogen-bond donors (Lipinski definition) is 2. The normalized spacial score (nSPS) is 13.4. The Morgan fingerprint density at radius 2 is 2.36 bits per heavy atom. The molecule has 2 aromatic heterocycles. The number of fused-ring (bicyclic) bond motifs is 1. The van der Waals surface area contributed by atoms with Gasteiger partial charge >= 0.3 is 0 Å². The van der Waals surface area contributed by atoms with E-state index in [4.69, 9.17) is 5.73 Å². The monoisotopic (exact) mass is 192 g/mol. The lowest BCUT2D eigenvalue weighted by Crippen LogP contribution is -2.15. The van der Waals surface area contributed by atoms with Crippen molar-refractivity contribution in [3.8, 4) is 0 Å². The minimum atomic E-state index is -0.695. The second-order valence-corrected chi connectivity index (χ2v) is 3.13. The van der Waals surface area contributed by atoms with Crippen molar-refractivity contribution in [2.75, 3.05) is 6.54 Å². The van der Waals surface area contributed by atoms with Crippen LogP contribution in [0.1, 0.15) is 17.6 Å². The zero-order valence-corrected chi connectivity index (χ0v) is 7.88. The summed E-state index contributed by atoms with van der Waals surface area (Å²) in [6.07, 6.45) is -0.695. The lowest BCUT2D eigenvalue weighted by molar-refractivity contribution is 0.179. The van der Waals surface area contributed by atoms with Crippen LogP contribution in [0.3, 0.4) is 0 Å². The van der Waals surface area contributed by atoms with Crippen LogP contribution >= 0.6 is 0 Å². The van der Waals surface area contributed by atoms with E-state index in [0.717, 1.165) is 5.65 Å². The highest BCUT2D eigenvalue weighted by Crippen LogP contribution is 2.12. The minimum Gasteiger partial charge on any atom is -0.385 e. The van der Waals surface area contributed by atoms with E-state index in [9.17, 15) is 5.11 Å². The van der Waals surface area contributed by atoms with Crippen LogP contribution in [0.15, 0.2) is 18.2 Å². The van der Waals surface area contributed by atoms with Gasteiger partial charge in [-0.15, -0.1) is 0 Å². The molecular weight excluding hydrogens is 180 g/mol. The molecule has 5 heteroatoms. The van der Waals surface area contributed by atoms with Gasteiger partial charge in [0.05, 0.1) is 5.69 Å². The standard InChI is InChI=1S/C9H12N4O/c1-6-11-9-4-2-3-7(8(14)5-10)13(9)12-6/h2-4,8,14H,5,10H2,1H3. The van der Waals surface area contributed by atoms with Gasteiger partial charge in [-0.05, 0) is 19.1 Å². The maximum atomic E-state index is 9.62. The Bertz CT molecular complexity index is 451. The maximum Gasteiger partial charge on any atom is 0.156 e. The predicted octanol–water partition coefficient (Wildman–Crippen LogP) is 0.0298. The van der Waals surface area contributed by atoms with Crippen LogP contribution in [0.25, 0.3) is 5.65 Å². The molecular formula is C9H12N4O. The zero-order valence-electron chi connectivity index (χ0n) is 7.88. The van der Waals surface area contributed by atoms with E-state index >= 15 is 0 Å². The van der Waals surface area contributed by atoms with E-state index in [-0.39, 0.29) is 6.54 Å². The molecule has 3 N–H and O–H groups in total. The molecule has 0 bridgehead atoms. The molecule has 74 valence electrons. The average molecular weight is 192 g/mol. The Labute approximate surface area is 81.2 Å². The van der Waals surface area contributed by atoms with Crippen molar-refractivity contribution < 1.29 is 5.11 Å². The first-order valence-corrected chi connectivity index (χ1v) is 4.43. The molecule has 0 saturated heterocycles. The molecule has 0 saturated carbocycles. The highest BCUT2D eigenvalue weighted by molar-refractivity contribution is 5.39. The molecule has 0 spiro atoms. The van der Waals surface area contributed by atoms with Gasteiger partial charge in [0.1, 0.15) is 11.9 Å². The van der Waals surface area contributed by atoms with Crippen molar-refractivity contribution in [2.45, 2.75) is 13.0 Å². The second kappa shape index (κ2) is 3.36. The zero-order chi connectivity index (χ0) is 10.1. The van der Waals surface area contributed by atoms with Crippen LogP contribution in [0.2, 0.25) is 0 Å². The van der Waals surface area contributed by atoms with Crippen molar-refractivity contribution in [3.05, 3.63) is 29.7 Å². The van der Waals surface area contributed by atoms with E-state index in [1.54, 1.807) is 10.6 Å². The van der Waals surface area contributed by atoms with E-state index in [2.05, 4.69) is 10.1 Å². The van der Waals surface area contributed by atoms with Gasteiger partial charge in [0.15, 0.2) is 5.65 Å². The molecule has 2 heterocycles. The molecule has 1 atom stereocenters. The summed E-state index contributed by atoms with van der Waals surface area (Å²) in [5, 5.41) is 13.8. The number of hydrogen-bond acceptors (Lipinski definition) is 4. The van der Waals surface area contributed by atoms with Gasteiger partial charge in [-0.2, -0.15) is 5.10 Å². The maximum absolute atomic E-state index is 9.62. The van der Waals surface area contributed by atoms with Crippen molar-refractivity contribution in [3.63, 3.8) is 0 Å². The van der Waals surface area contributed by atoms with Gasteiger partial charge in [0.2, 0.25) is 0 Å². The molecule has 0 aliphatic rings. The summed E-state index contributed by atoms with van der Waals surface area (Å²) in [5.74, 6) is 0.682. The van der Waals surface area contributed by atoms with Crippen LogP contribution in [0, 0.1) is 6.92 Å². The van der Waals surface area contributed by atoms with Crippen LogP contribution in [-0.2, 0) is 0 Å². The van der Waals surface area contributed by atoms with Crippen LogP contribution in [0.5, 0.6) is 0 Å². The number of nitrogens with zero attached hydrogens (tertiary/aromatic N) is 3. The molecule has 2 rings (SSSR count). The van der Waals surface area contributed by atoms with Gasteiger partial charge in [-0.1, -0.05) is 6.07 Å². The first-order chi connectivity index (χ1) is 6.72. The molecule has 0 aliphatic carbocycles. The molecule has 0 amide bonds. The average Bonchev–Trinajstić information content (AvgIpc) is 2.56. The Hall–Kier alpha value is -1.46. The minimum absolute atomic E-state index is 0.179. The highest BCUT2D eigenvalue weighted by atomic mass is 16.3. The summed E-state index contributed by atoms with van der Waals surface area (Å²) < 4.78 is 1.62. The van der Waals surface area contributed by atoms with Gasteiger partial charge in [0.25, 0.3) is 0 Å². The lowest BCUT2D eigenvalue weighted by atomic mass is 10.2. The first kappa shape index (κ1) is 9.11. The third-order valence-electron chi connectivity index (χ3n) is 2.06. The lowest BCUT2D eigenvalue weighted by Gasteiger charge is -2.08. The largest absolute Gasteiger partial charge is 0.385 e. The van der Waals surface area contributed by atoms with Gasteiger partial charge in [0, 0.05) is 6.54 Å². The SMILES string of the molecule is Cc1nc2cccc(C(O)CN)n2n1. The molecule has 0 aromatic carbocycles. The number of aliphatic hydroxyl groups is 1. The van der Waals surface area contributed by atoms with Gasteiger partial charge in [-0.3, -0.25) is 0 Å². The van der Waals surface area contributed by atoms with E-state index in [1.165, 1.54) is 0 Å². The molecule has 0 radical (unpaired) electrons. The number of rotatable bonds is 2. The first-order valence-electron chi connectivity index (χ1n) is 4.43. The number of aromatic nitrogens is 3. The summed E-state index contributed by atoms with van der Waals surface area (Å²) in [5.41, 5.74) is 6.79. The molecule has 5 nitrogen and oxygen atoms in total. The third kappa shape index (κ3) is 1.36. The van der Waals surface area contributed by atoms with E-state index in [1.807, 2.05) is 19.1 Å². The number of aliphatic hydroxyl groups excluding tert-OH is 1. The van der Waals surface area contributed by atoms with Crippen LogP contribution in [0.4, 0.5) is 0 Å². The molecule has 0 fully saturated rings. The quantitative estimate of drug-likeness (QED) is 0.703. The Morgan fingerprint density at radius 1 is 1.57 bits per heavy atom. The topological polar surface area (TPSA) is 76.4 Å². The van der Waals surface area contributed by atoms with Gasteiger partial charge in [-0.25, -0.2) is 9.50 Å². The van der Waals surface area contributed by atoms with Crippen molar-refractivity contribution in [2.24, 2.45) is 5.73 Å². The van der Waals surface area contributed by atoms with Crippen molar-refractivity contribution in [1.82, 2.24) is 14.6 Å². The smallest absolute Gasteiger partial charge is 0.156 e. The number of pyridine rings is 1. The molecule has 2 aromatic rings. The Balaban J connectivity index is 2.64. The number of nitrogens with two attached hydrogens (primary N) is 1. The molecule has 14 heavy (non-hydrogen) atoms. The molecule has 1 unspecified atom stereocenters. The Kier molecular flexibility index (Phi) is 2.18. The fourth-order valence-corrected chi connectivity index (χ4v) is 1.41. The highest BCUT2D eigenvalue weighted by Gasteiger charge is 2.10. The number of aryl methyl sites for hydroxylation is 1. The molecule has 0 aliphatic heterocycles.